The lowest BCUT2D eigenvalue weighted by molar-refractivity contribution is 0.279. The van der Waals surface area contributed by atoms with E-state index < -0.39 is 0 Å². The van der Waals surface area contributed by atoms with Gasteiger partial charge in [0.05, 0.1) is 23.5 Å². The van der Waals surface area contributed by atoms with E-state index in [9.17, 15) is 0 Å². The highest BCUT2D eigenvalue weighted by Crippen LogP contribution is 2.20. The maximum Gasteiger partial charge on any atom is 0.322 e. The van der Waals surface area contributed by atoms with Gasteiger partial charge in [0.15, 0.2) is 5.75 Å². The zero-order valence-corrected chi connectivity index (χ0v) is 9.85. The van der Waals surface area contributed by atoms with E-state index in [4.69, 9.17) is 21.4 Å². The summed E-state index contributed by atoms with van der Waals surface area (Å²) in [5, 5.41) is 9.47. The van der Waals surface area contributed by atoms with Crippen LogP contribution in [0.2, 0.25) is 5.02 Å². The van der Waals surface area contributed by atoms with E-state index in [1.807, 2.05) is 0 Å². The number of aromatic nitrogens is 3. The Morgan fingerprint density at radius 1 is 1.35 bits per heavy atom. The smallest absolute Gasteiger partial charge is 0.322 e. The van der Waals surface area contributed by atoms with Crippen LogP contribution in [0.15, 0.2) is 24.7 Å². The summed E-state index contributed by atoms with van der Waals surface area (Å²) >= 11 is 5.77. The van der Waals surface area contributed by atoms with Gasteiger partial charge in [-0.1, -0.05) is 11.6 Å². The Balaban J connectivity index is 2.22. The van der Waals surface area contributed by atoms with Crippen LogP contribution >= 0.6 is 11.6 Å². The summed E-state index contributed by atoms with van der Waals surface area (Å²) in [7, 11) is 0. The minimum Gasteiger partial charge on any atom is -0.423 e. The molecule has 2 aromatic rings. The first kappa shape index (κ1) is 11.8. The summed E-state index contributed by atoms with van der Waals surface area (Å²) in [6.07, 6.45) is 4.55. The first-order valence-electron chi connectivity index (χ1n) is 4.91. The van der Waals surface area contributed by atoms with E-state index >= 15 is 0 Å². The molecular weight excluding hydrogens is 242 g/mol. The minimum atomic E-state index is -0.0924. The maximum absolute atomic E-state index is 8.99. The number of nitrogens with zero attached hydrogens (tertiary/aromatic N) is 3. The van der Waals surface area contributed by atoms with Gasteiger partial charge in [-0.25, -0.2) is 4.98 Å². The highest BCUT2D eigenvalue weighted by atomic mass is 35.5. The average molecular weight is 252 g/mol. The van der Waals surface area contributed by atoms with E-state index in [1.54, 1.807) is 13.0 Å². The third kappa shape index (κ3) is 2.89. The number of ether oxygens (including phenoxy) is 1. The number of halogens is 1. The summed E-state index contributed by atoms with van der Waals surface area (Å²) in [4.78, 5) is 12.0. The lowest BCUT2D eigenvalue weighted by Crippen LogP contribution is -1.98. The fourth-order valence-corrected chi connectivity index (χ4v) is 1.39. The first-order chi connectivity index (χ1) is 8.19. The van der Waals surface area contributed by atoms with Gasteiger partial charge in [0.2, 0.25) is 0 Å². The molecule has 0 radical (unpaired) electrons. The second-order valence-electron chi connectivity index (χ2n) is 3.36. The van der Waals surface area contributed by atoms with Gasteiger partial charge in [0, 0.05) is 24.0 Å². The monoisotopic (exact) mass is 251 g/mol. The van der Waals surface area contributed by atoms with E-state index in [-0.39, 0.29) is 12.6 Å². The average Bonchev–Trinajstić information content (AvgIpc) is 2.29. The largest absolute Gasteiger partial charge is 0.423 e. The molecule has 0 atom stereocenters. The van der Waals surface area contributed by atoms with E-state index in [1.165, 1.54) is 18.6 Å². The van der Waals surface area contributed by atoms with Gasteiger partial charge in [0.1, 0.15) is 0 Å². The van der Waals surface area contributed by atoms with Crippen molar-refractivity contribution in [2.45, 2.75) is 13.5 Å². The molecule has 0 bridgehead atoms. The molecule has 1 N–H and O–H groups in total. The number of rotatable bonds is 3. The third-order valence-electron chi connectivity index (χ3n) is 2.12. The molecule has 0 saturated heterocycles. The molecule has 5 nitrogen and oxygen atoms in total. The van der Waals surface area contributed by atoms with Crippen LogP contribution < -0.4 is 4.74 Å². The second kappa shape index (κ2) is 5.07. The Kier molecular flexibility index (Phi) is 3.51. The van der Waals surface area contributed by atoms with Gasteiger partial charge in [-0.3, -0.25) is 4.98 Å². The molecule has 0 fully saturated rings. The molecule has 0 aromatic carbocycles. The number of hydrogen-bond acceptors (Lipinski definition) is 5. The second-order valence-corrected chi connectivity index (χ2v) is 3.80. The highest BCUT2D eigenvalue weighted by Gasteiger charge is 2.05. The Hall–Kier alpha value is -1.72. The summed E-state index contributed by atoms with van der Waals surface area (Å²) < 4.78 is 5.39. The standard InChI is InChI=1S/C11H10ClN3O2/c1-7-8(6-16)3-14-11(15-7)17-10-2-9(12)4-13-5-10/h2-5,16H,6H2,1H3. The Morgan fingerprint density at radius 2 is 2.18 bits per heavy atom. The van der Waals surface area contributed by atoms with Crippen LogP contribution in [0.25, 0.3) is 0 Å². The van der Waals surface area contributed by atoms with Crippen LogP contribution in [0.1, 0.15) is 11.3 Å². The SMILES string of the molecule is Cc1nc(Oc2cncc(Cl)c2)ncc1CO. The van der Waals surface area contributed by atoms with Crippen LogP contribution in [-0.4, -0.2) is 20.1 Å². The van der Waals surface area contributed by atoms with Gasteiger partial charge in [-0.05, 0) is 6.92 Å². The zero-order valence-electron chi connectivity index (χ0n) is 9.09. The maximum atomic E-state index is 8.99. The molecule has 2 rings (SSSR count). The molecule has 0 unspecified atom stereocenters. The molecule has 6 heteroatoms. The summed E-state index contributed by atoms with van der Waals surface area (Å²) in [5.74, 6) is 0.466. The Bertz CT molecular complexity index is 534. The van der Waals surface area contributed by atoms with E-state index in [0.717, 1.165) is 0 Å². The number of aliphatic hydroxyl groups excluding tert-OH is 1. The molecule has 0 saturated carbocycles. The molecule has 2 heterocycles. The summed E-state index contributed by atoms with van der Waals surface area (Å²) in [6, 6.07) is 1.82. The van der Waals surface area contributed by atoms with Crippen LogP contribution in [0, 0.1) is 6.92 Å². The van der Waals surface area contributed by atoms with Crippen LogP contribution in [0.4, 0.5) is 0 Å². The van der Waals surface area contributed by atoms with Crippen molar-refractivity contribution in [2.75, 3.05) is 0 Å². The molecule has 2 aromatic heterocycles. The number of hydrogen-bond donors (Lipinski definition) is 1. The number of aryl methyl sites for hydroxylation is 1. The van der Waals surface area contributed by atoms with Crippen LogP contribution in [0.5, 0.6) is 11.8 Å². The van der Waals surface area contributed by atoms with Gasteiger partial charge >= 0.3 is 6.01 Å². The van der Waals surface area contributed by atoms with Crippen molar-refractivity contribution in [1.82, 2.24) is 15.0 Å². The highest BCUT2D eigenvalue weighted by molar-refractivity contribution is 6.30. The Morgan fingerprint density at radius 3 is 2.82 bits per heavy atom. The molecule has 0 amide bonds. The molecule has 17 heavy (non-hydrogen) atoms. The molecule has 0 aliphatic heterocycles. The fourth-order valence-electron chi connectivity index (χ4n) is 1.23. The molecule has 0 aliphatic rings. The van der Waals surface area contributed by atoms with Crippen LogP contribution in [-0.2, 0) is 6.61 Å². The van der Waals surface area contributed by atoms with Crippen molar-refractivity contribution < 1.29 is 9.84 Å². The lowest BCUT2D eigenvalue weighted by atomic mass is 10.3. The number of aliphatic hydroxyl groups is 1. The van der Waals surface area contributed by atoms with Crippen LogP contribution in [0.3, 0.4) is 0 Å². The quantitative estimate of drug-likeness (QED) is 0.905. The van der Waals surface area contributed by atoms with Crippen molar-refractivity contribution in [3.05, 3.63) is 40.9 Å². The summed E-state index contributed by atoms with van der Waals surface area (Å²) in [5.41, 5.74) is 1.34. The minimum absolute atomic E-state index is 0.0924. The van der Waals surface area contributed by atoms with Crippen molar-refractivity contribution >= 4 is 11.6 Å². The van der Waals surface area contributed by atoms with Crippen molar-refractivity contribution in [2.24, 2.45) is 0 Å². The molecule has 88 valence electrons. The summed E-state index contributed by atoms with van der Waals surface area (Å²) in [6.45, 7) is 1.68. The first-order valence-corrected chi connectivity index (χ1v) is 5.28. The predicted octanol–water partition coefficient (Wildman–Crippen LogP) is 2.12. The van der Waals surface area contributed by atoms with Gasteiger partial charge < -0.3 is 9.84 Å². The fraction of sp³-hybridized carbons (Fsp3) is 0.182. The van der Waals surface area contributed by atoms with Crippen molar-refractivity contribution in [3.63, 3.8) is 0 Å². The van der Waals surface area contributed by atoms with Crippen molar-refractivity contribution in [3.8, 4) is 11.8 Å². The van der Waals surface area contributed by atoms with E-state index in [0.29, 0.717) is 22.0 Å². The zero-order chi connectivity index (χ0) is 12.3. The normalized spacial score (nSPS) is 10.3. The molecular formula is C11H10ClN3O2. The topological polar surface area (TPSA) is 68.1 Å². The van der Waals surface area contributed by atoms with Gasteiger partial charge in [-0.15, -0.1) is 0 Å². The lowest BCUT2D eigenvalue weighted by Gasteiger charge is -2.05. The number of pyridine rings is 1. The molecule has 0 aliphatic carbocycles. The van der Waals surface area contributed by atoms with Gasteiger partial charge in [-0.2, -0.15) is 4.98 Å². The van der Waals surface area contributed by atoms with E-state index in [2.05, 4.69) is 15.0 Å². The third-order valence-corrected chi connectivity index (χ3v) is 2.32. The molecule has 0 spiro atoms. The Labute approximate surface area is 103 Å². The predicted molar refractivity (Wildman–Crippen MR) is 62.0 cm³/mol. The van der Waals surface area contributed by atoms with Gasteiger partial charge in [0.25, 0.3) is 0 Å². The van der Waals surface area contributed by atoms with Crippen molar-refractivity contribution in [1.29, 1.82) is 0 Å².